The molecular formula is C11H11N3OS2. The Labute approximate surface area is 107 Å². The molecule has 0 aromatic carbocycles. The fraction of sp³-hybridized carbons (Fsp3) is 0.182. The van der Waals surface area contributed by atoms with E-state index >= 15 is 0 Å². The van der Waals surface area contributed by atoms with Gasteiger partial charge in [0.1, 0.15) is 10.7 Å². The van der Waals surface area contributed by atoms with E-state index in [1.807, 2.05) is 19.2 Å². The van der Waals surface area contributed by atoms with Crippen molar-refractivity contribution in [1.29, 1.82) is 0 Å². The first-order valence-corrected chi connectivity index (χ1v) is 6.67. The van der Waals surface area contributed by atoms with E-state index in [0.717, 1.165) is 15.7 Å². The van der Waals surface area contributed by atoms with Gasteiger partial charge < -0.3 is 5.32 Å². The smallest absolute Gasteiger partial charge is 0.275 e. The zero-order valence-electron chi connectivity index (χ0n) is 9.48. The lowest BCUT2D eigenvalue weighted by molar-refractivity contribution is 0.0969. The zero-order chi connectivity index (χ0) is 12.4. The van der Waals surface area contributed by atoms with Gasteiger partial charge in [-0.05, 0) is 13.8 Å². The van der Waals surface area contributed by atoms with Crippen LogP contribution in [0.1, 0.15) is 26.2 Å². The number of carbonyl (C=O) groups is 1. The third kappa shape index (κ3) is 2.78. The van der Waals surface area contributed by atoms with Crippen molar-refractivity contribution in [3.8, 4) is 0 Å². The highest BCUT2D eigenvalue weighted by molar-refractivity contribution is 7.10. The number of thiazole rings is 2. The molecule has 2 aromatic rings. The van der Waals surface area contributed by atoms with Crippen molar-refractivity contribution >= 4 is 34.3 Å². The summed E-state index contributed by atoms with van der Waals surface area (Å²) < 4.78 is 0. The van der Waals surface area contributed by atoms with Gasteiger partial charge in [0.2, 0.25) is 0 Å². The Morgan fingerprint density at radius 3 is 2.59 bits per heavy atom. The highest BCUT2D eigenvalue weighted by Gasteiger charge is 2.12. The lowest BCUT2D eigenvalue weighted by Crippen LogP contribution is -2.21. The Morgan fingerprint density at radius 2 is 2.06 bits per heavy atom. The molecule has 2 heterocycles. The van der Waals surface area contributed by atoms with E-state index in [4.69, 9.17) is 0 Å². The summed E-state index contributed by atoms with van der Waals surface area (Å²) in [5.41, 5.74) is 1.85. The second-order valence-corrected chi connectivity index (χ2v) is 5.40. The van der Waals surface area contributed by atoms with E-state index in [1.54, 1.807) is 5.38 Å². The molecule has 6 heteroatoms. The molecule has 0 unspecified atom stereocenters. The Hall–Kier alpha value is -1.53. The van der Waals surface area contributed by atoms with E-state index < -0.39 is 0 Å². The number of nitrogens with one attached hydrogen (secondary N) is 1. The van der Waals surface area contributed by atoms with Crippen LogP contribution in [-0.4, -0.2) is 15.9 Å². The fourth-order valence-electron chi connectivity index (χ4n) is 1.21. The number of nitrogens with zero attached hydrogens (tertiary/aromatic N) is 2. The third-order valence-electron chi connectivity index (χ3n) is 1.99. The largest absolute Gasteiger partial charge is 0.319 e. The summed E-state index contributed by atoms with van der Waals surface area (Å²) in [4.78, 5) is 20.2. The zero-order valence-corrected chi connectivity index (χ0v) is 11.1. The predicted octanol–water partition coefficient (Wildman–Crippen LogP) is 2.62. The quantitative estimate of drug-likeness (QED) is 0.928. The maximum absolute atomic E-state index is 11.8. The van der Waals surface area contributed by atoms with Crippen molar-refractivity contribution in [3.05, 3.63) is 38.7 Å². The number of hydrogen-bond acceptors (Lipinski definition) is 5. The minimum atomic E-state index is -0.243. The topological polar surface area (TPSA) is 54.9 Å². The highest BCUT2D eigenvalue weighted by Crippen LogP contribution is 2.16. The van der Waals surface area contributed by atoms with Gasteiger partial charge in [-0.3, -0.25) is 4.79 Å². The third-order valence-corrected chi connectivity index (χ3v) is 3.79. The van der Waals surface area contributed by atoms with Crippen LogP contribution in [-0.2, 0) is 0 Å². The highest BCUT2D eigenvalue weighted by atomic mass is 32.1. The molecule has 17 heavy (non-hydrogen) atoms. The van der Waals surface area contributed by atoms with E-state index in [0.29, 0.717) is 11.4 Å². The van der Waals surface area contributed by atoms with Gasteiger partial charge in [-0.15, -0.1) is 22.7 Å². The Morgan fingerprint density at radius 1 is 1.29 bits per heavy atom. The van der Waals surface area contributed by atoms with Crippen molar-refractivity contribution in [2.24, 2.45) is 0 Å². The summed E-state index contributed by atoms with van der Waals surface area (Å²) in [5.74, 6) is -0.243. The number of carbonyl (C=O) groups excluding carboxylic acids is 1. The number of hydrogen-bond donors (Lipinski definition) is 1. The molecule has 4 nitrogen and oxygen atoms in total. The molecule has 0 aliphatic carbocycles. The summed E-state index contributed by atoms with van der Waals surface area (Å²) in [5, 5.41) is 7.93. The lowest BCUT2D eigenvalue weighted by Gasteiger charge is -2.03. The van der Waals surface area contributed by atoms with Gasteiger partial charge in [-0.1, -0.05) is 6.58 Å². The number of aromatic nitrogens is 2. The SMILES string of the molecule is C=C(NC(=O)c1csc(C)n1)c1nc(C)cs1. The monoisotopic (exact) mass is 265 g/mol. The fourth-order valence-corrected chi connectivity index (χ4v) is 2.53. The van der Waals surface area contributed by atoms with Crippen LogP contribution in [0, 0.1) is 13.8 Å². The number of amides is 1. The Bertz CT molecular complexity index is 521. The van der Waals surface area contributed by atoms with Gasteiger partial charge in [0.15, 0.2) is 0 Å². The van der Waals surface area contributed by atoms with Gasteiger partial charge in [-0.2, -0.15) is 0 Å². The second kappa shape index (κ2) is 4.77. The molecule has 0 aliphatic heterocycles. The van der Waals surface area contributed by atoms with Gasteiger partial charge in [0.05, 0.1) is 10.7 Å². The van der Waals surface area contributed by atoms with Crippen molar-refractivity contribution in [3.63, 3.8) is 0 Å². The van der Waals surface area contributed by atoms with E-state index in [2.05, 4.69) is 21.9 Å². The van der Waals surface area contributed by atoms with Gasteiger partial charge >= 0.3 is 0 Å². The van der Waals surface area contributed by atoms with Crippen LogP contribution in [0.15, 0.2) is 17.3 Å². The molecule has 0 saturated heterocycles. The summed E-state index contributed by atoms with van der Waals surface area (Å²) >= 11 is 2.90. The summed E-state index contributed by atoms with van der Waals surface area (Å²) in [6.07, 6.45) is 0. The van der Waals surface area contributed by atoms with Crippen molar-refractivity contribution in [2.45, 2.75) is 13.8 Å². The molecule has 1 N–H and O–H groups in total. The van der Waals surface area contributed by atoms with Crippen LogP contribution in [0.3, 0.4) is 0 Å². The predicted molar refractivity (Wildman–Crippen MR) is 70.2 cm³/mol. The van der Waals surface area contributed by atoms with Crippen LogP contribution < -0.4 is 5.32 Å². The average Bonchev–Trinajstić information content (AvgIpc) is 2.87. The maximum atomic E-state index is 11.8. The van der Waals surface area contributed by atoms with Crippen molar-refractivity contribution in [2.75, 3.05) is 0 Å². The standard InChI is InChI=1S/C11H11N3OS2/c1-6-4-17-11(12-6)7(2)13-10(15)9-5-16-8(3)14-9/h4-5H,2H2,1,3H3,(H,13,15). The van der Waals surface area contributed by atoms with E-state index in [-0.39, 0.29) is 5.91 Å². The Balaban J connectivity index is 2.07. The molecule has 0 bridgehead atoms. The average molecular weight is 265 g/mol. The first kappa shape index (κ1) is 11.9. The minimum absolute atomic E-state index is 0.243. The van der Waals surface area contributed by atoms with Crippen LogP contribution in [0.5, 0.6) is 0 Å². The molecule has 0 radical (unpaired) electrons. The van der Waals surface area contributed by atoms with Gasteiger partial charge in [0.25, 0.3) is 5.91 Å². The minimum Gasteiger partial charge on any atom is -0.319 e. The van der Waals surface area contributed by atoms with Gasteiger partial charge in [0, 0.05) is 16.5 Å². The first-order valence-electron chi connectivity index (χ1n) is 4.91. The van der Waals surface area contributed by atoms with E-state index in [9.17, 15) is 4.79 Å². The van der Waals surface area contributed by atoms with Crippen LogP contribution in [0.4, 0.5) is 0 Å². The van der Waals surface area contributed by atoms with Crippen LogP contribution >= 0.6 is 22.7 Å². The molecule has 88 valence electrons. The van der Waals surface area contributed by atoms with Crippen molar-refractivity contribution < 1.29 is 4.79 Å². The molecule has 0 spiro atoms. The van der Waals surface area contributed by atoms with Crippen LogP contribution in [0.2, 0.25) is 0 Å². The molecule has 0 saturated carbocycles. The molecule has 2 rings (SSSR count). The second-order valence-electron chi connectivity index (χ2n) is 3.48. The summed E-state index contributed by atoms with van der Waals surface area (Å²) in [7, 11) is 0. The van der Waals surface area contributed by atoms with E-state index in [1.165, 1.54) is 22.7 Å². The molecule has 0 atom stereocenters. The molecule has 2 aromatic heterocycles. The number of aryl methyl sites for hydroxylation is 2. The molecule has 1 amide bonds. The van der Waals surface area contributed by atoms with Crippen molar-refractivity contribution in [1.82, 2.24) is 15.3 Å². The maximum Gasteiger partial charge on any atom is 0.275 e. The Kier molecular flexibility index (Phi) is 3.35. The van der Waals surface area contributed by atoms with Gasteiger partial charge in [-0.25, -0.2) is 9.97 Å². The summed E-state index contributed by atoms with van der Waals surface area (Å²) in [6, 6.07) is 0. The van der Waals surface area contributed by atoms with Crippen LogP contribution in [0.25, 0.3) is 5.70 Å². The first-order chi connectivity index (χ1) is 8.06. The summed E-state index contributed by atoms with van der Waals surface area (Å²) in [6.45, 7) is 7.57. The molecule has 0 aliphatic rings. The normalized spacial score (nSPS) is 10.2. The lowest BCUT2D eigenvalue weighted by atomic mass is 10.4. The molecule has 0 fully saturated rings. The number of rotatable bonds is 3. The molecular weight excluding hydrogens is 254 g/mol.